The van der Waals surface area contributed by atoms with Gasteiger partial charge in [0.15, 0.2) is 5.96 Å². The van der Waals surface area contributed by atoms with E-state index < -0.39 is 0 Å². The van der Waals surface area contributed by atoms with Crippen molar-refractivity contribution in [3.63, 3.8) is 0 Å². The van der Waals surface area contributed by atoms with Gasteiger partial charge in [-0.3, -0.25) is 4.99 Å². The summed E-state index contributed by atoms with van der Waals surface area (Å²) in [7, 11) is 3.71. The maximum Gasteiger partial charge on any atom is 0.191 e. The fourth-order valence-corrected chi connectivity index (χ4v) is 3.41. The molecule has 2 fully saturated rings. The summed E-state index contributed by atoms with van der Waals surface area (Å²) in [5.41, 5.74) is 1.60. The number of hydrogen-bond donors (Lipinski definition) is 2. The first-order valence-corrected chi connectivity index (χ1v) is 8.25. The standard InChI is InChI=1S/C15H22Cl2N4.HI/c1-18-14(20-9-15(5-6-15)10-3-4-10)19-8-11-7-12(16)13(17)21(11)2;/h7,10H,3-6,8-9H2,1-2H3,(H2,18,19,20);1H. The summed E-state index contributed by atoms with van der Waals surface area (Å²) in [4.78, 5) is 4.29. The fraction of sp³-hybridized carbons (Fsp3) is 0.667. The molecule has 0 saturated heterocycles. The number of aliphatic imine (C=N–C) groups is 1. The molecular weight excluding hydrogens is 434 g/mol. The van der Waals surface area contributed by atoms with Gasteiger partial charge in [-0.15, -0.1) is 24.0 Å². The highest BCUT2D eigenvalue weighted by molar-refractivity contribution is 14.0. The fourth-order valence-electron chi connectivity index (χ4n) is 3.00. The second-order valence-electron chi connectivity index (χ2n) is 6.25. The first kappa shape index (κ1) is 18.2. The lowest BCUT2D eigenvalue weighted by molar-refractivity contribution is 0.431. The molecule has 0 radical (unpaired) electrons. The molecule has 1 aromatic rings. The van der Waals surface area contributed by atoms with Crippen molar-refractivity contribution in [1.29, 1.82) is 0 Å². The van der Waals surface area contributed by atoms with Crippen LogP contribution in [-0.2, 0) is 13.6 Å². The second-order valence-corrected chi connectivity index (χ2v) is 7.01. The van der Waals surface area contributed by atoms with Crippen LogP contribution in [0.3, 0.4) is 0 Å². The number of aromatic nitrogens is 1. The van der Waals surface area contributed by atoms with Crippen LogP contribution in [0.5, 0.6) is 0 Å². The summed E-state index contributed by atoms with van der Waals surface area (Å²) < 4.78 is 1.89. The molecule has 2 saturated carbocycles. The molecule has 124 valence electrons. The Labute approximate surface area is 159 Å². The van der Waals surface area contributed by atoms with Crippen molar-refractivity contribution in [2.75, 3.05) is 13.6 Å². The monoisotopic (exact) mass is 456 g/mol. The molecule has 0 aliphatic heterocycles. The third kappa shape index (κ3) is 3.85. The van der Waals surface area contributed by atoms with Crippen LogP contribution in [0.1, 0.15) is 31.4 Å². The van der Waals surface area contributed by atoms with Crippen LogP contribution in [0.25, 0.3) is 0 Å². The largest absolute Gasteiger partial charge is 0.356 e. The Kier molecular flexibility index (Phi) is 5.94. The minimum Gasteiger partial charge on any atom is -0.356 e. The molecule has 2 aliphatic rings. The minimum absolute atomic E-state index is 0. The van der Waals surface area contributed by atoms with Crippen LogP contribution < -0.4 is 10.6 Å². The zero-order valence-electron chi connectivity index (χ0n) is 13.0. The number of rotatable bonds is 5. The van der Waals surface area contributed by atoms with Gasteiger partial charge in [0.2, 0.25) is 0 Å². The van der Waals surface area contributed by atoms with E-state index in [1.165, 1.54) is 25.7 Å². The van der Waals surface area contributed by atoms with Gasteiger partial charge in [-0.2, -0.15) is 0 Å². The Bertz CT molecular complexity index is 562. The molecule has 0 atom stereocenters. The van der Waals surface area contributed by atoms with Crippen molar-refractivity contribution in [2.45, 2.75) is 32.2 Å². The maximum absolute atomic E-state index is 6.08. The summed E-state index contributed by atoms with van der Waals surface area (Å²) in [6.07, 6.45) is 5.55. The normalized spacial score (nSPS) is 19.5. The number of nitrogens with one attached hydrogen (secondary N) is 2. The zero-order chi connectivity index (χ0) is 15.0. The van der Waals surface area contributed by atoms with Crippen molar-refractivity contribution >= 4 is 53.1 Å². The third-order valence-corrected chi connectivity index (χ3v) is 5.66. The average molecular weight is 457 g/mol. The first-order chi connectivity index (χ1) is 10.1. The minimum atomic E-state index is 0. The van der Waals surface area contributed by atoms with Gasteiger partial charge in [-0.25, -0.2) is 0 Å². The van der Waals surface area contributed by atoms with Crippen LogP contribution in [0, 0.1) is 11.3 Å². The van der Waals surface area contributed by atoms with Crippen molar-refractivity contribution in [3.05, 3.63) is 21.9 Å². The molecule has 2 N–H and O–H groups in total. The predicted molar refractivity (Wildman–Crippen MR) is 103 cm³/mol. The van der Waals surface area contributed by atoms with E-state index in [1.54, 1.807) is 7.05 Å². The van der Waals surface area contributed by atoms with Gasteiger partial charge in [-0.05, 0) is 43.1 Å². The number of guanidine groups is 1. The van der Waals surface area contributed by atoms with Gasteiger partial charge in [0.05, 0.1) is 11.6 Å². The van der Waals surface area contributed by atoms with E-state index in [9.17, 15) is 0 Å². The summed E-state index contributed by atoms with van der Waals surface area (Å²) >= 11 is 12.1. The van der Waals surface area contributed by atoms with Gasteiger partial charge in [0, 0.05) is 26.3 Å². The van der Waals surface area contributed by atoms with Crippen molar-refractivity contribution < 1.29 is 0 Å². The van der Waals surface area contributed by atoms with Crippen molar-refractivity contribution in [3.8, 4) is 0 Å². The van der Waals surface area contributed by atoms with E-state index in [4.69, 9.17) is 23.2 Å². The Morgan fingerprint density at radius 1 is 1.36 bits per heavy atom. The Morgan fingerprint density at radius 2 is 2.05 bits per heavy atom. The lowest BCUT2D eigenvalue weighted by Gasteiger charge is -2.18. The molecule has 0 aromatic carbocycles. The van der Waals surface area contributed by atoms with Gasteiger partial charge in [-0.1, -0.05) is 23.2 Å². The van der Waals surface area contributed by atoms with Crippen molar-refractivity contribution in [2.24, 2.45) is 23.4 Å². The molecule has 2 aliphatic carbocycles. The van der Waals surface area contributed by atoms with Crippen LogP contribution in [0.15, 0.2) is 11.1 Å². The quantitative estimate of drug-likeness (QED) is 0.402. The number of nitrogens with zero attached hydrogens (tertiary/aromatic N) is 2. The summed E-state index contributed by atoms with van der Waals surface area (Å²) in [5.74, 6) is 1.80. The predicted octanol–water partition coefficient (Wildman–Crippen LogP) is 3.81. The zero-order valence-corrected chi connectivity index (χ0v) is 16.8. The summed E-state index contributed by atoms with van der Waals surface area (Å²) in [6, 6.07) is 1.89. The highest BCUT2D eigenvalue weighted by Crippen LogP contribution is 2.60. The van der Waals surface area contributed by atoms with Crippen LogP contribution in [0.2, 0.25) is 10.2 Å². The number of hydrogen-bond acceptors (Lipinski definition) is 1. The van der Waals surface area contributed by atoms with Crippen LogP contribution in [-0.4, -0.2) is 24.1 Å². The molecule has 1 heterocycles. The van der Waals surface area contributed by atoms with Gasteiger partial charge < -0.3 is 15.2 Å². The average Bonchev–Trinajstić information content (AvgIpc) is 3.36. The van der Waals surface area contributed by atoms with Crippen molar-refractivity contribution in [1.82, 2.24) is 15.2 Å². The molecule has 3 rings (SSSR count). The SMILES string of the molecule is CN=C(NCc1cc(Cl)c(Cl)n1C)NCC1(C2CC2)CC1.I. The van der Waals surface area contributed by atoms with Gasteiger partial charge in [0.1, 0.15) is 5.15 Å². The van der Waals surface area contributed by atoms with Gasteiger partial charge >= 0.3 is 0 Å². The molecular formula is C15H23Cl2IN4. The smallest absolute Gasteiger partial charge is 0.191 e. The molecule has 0 amide bonds. The van der Waals surface area contributed by atoms with Crippen LogP contribution in [0.4, 0.5) is 0 Å². The Morgan fingerprint density at radius 3 is 2.50 bits per heavy atom. The Balaban J connectivity index is 0.00000176. The van der Waals surface area contributed by atoms with E-state index in [1.807, 2.05) is 17.7 Å². The van der Waals surface area contributed by atoms with Gasteiger partial charge in [0.25, 0.3) is 0 Å². The lowest BCUT2D eigenvalue weighted by atomic mass is 10.0. The highest BCUT2D eigenvalue weighted by atomic mass is 127. The molecule has 22 heavy (non-hydrogen) atoms. The number of halogens is 3. The van der Waals surface area contributed by atoms with Crippen LogP contribution >= 0.6 is 47.2 Å². The molecule has 4 nitrogen and oxygen atoms in total. The van der Waals surface area contributed by atoms with E-state index in [-0.39, 0.29) is 24.0 Å². The maximum atomic E-state index is 6.08. The topological polar surface area (TPSA) is 41.4 Å². The molecule has 0 spiro atoms. The molecule has 0 unspecified atom stereocenters. The Hall–Kier alpha value is -0.140. The summed E-state index contributed by atoms with van der Waals surface area (Å²) in [5, 5.41) is 7.95. The molecule has 1 aromatic heterocycles. The van der Waals surface area contributed by atoms with E-state index in [2.05, 4.69) is 15.6 Å². The second kappa shape index (κ2) is 7.18. The molecule has 7 heteroatoms. The van der Waals surface area contributed by atoms with E-state index >= 15 is 0 Å². The first-order valence-electron chi connectivity index (χ1n) is 7.50. The lowest BCUT2D eigenvalue weighted by Crippen LogP contribution is -2.40. The molecule has 0 bridgehead atoms. The summed E-state index contributed by atoms with van der Waals surface area (Å²) in [6.45, 7) is 1.69. The highest BCUT2D eigenvalue weighted by Gasteiger charge is 2.53. The third-order valence-electron chi connectivity index (χ3n) is 4.82. The van der Waals surface area contributed by atoms with E-state index in [0.717, 1.165) is 24.1 Å². The van der Waals surface area contributed by atoms with E-state index in [0.29, 0.717) is 22.1 Å².